The van der Waals surface area contributed by atoms with E-state index >= 15 is 0 Å². The molecule has 4 rings (SSSR count). The molecule has 4 aromatic rings. The van der Waals surface area contributed by atoms with Crippen molar-refractivity contribution in [2.24, 2.45) is 5.41 Å². The van der Waals surface area contributed by atoms with E-state index in [4.69, 9.17) is 0 Å². The number of nitrogens with one attached hydrogen (secondary N) is 2. The molecule has 0 radical (unpaired) electrons. The zero-order chi connectivity index (χ0) is 27.5. The molecule has 0 saturated heterocycles. The third kappa shape index (κ3) is 6.91. The number of carbonyl (C=O) groups is 2. The third-order valence-corrected chi connectivity index (χ3v) is 6.57. The van der Waals surface area contributed by atoms with E-state index in [1.807, 2.05) is 75.4 Å². The first kappa shape index (κ1) is 27.2. The Labute approximate surface area is 226 Å². The maximum absolute atomic E-state index is 13.4. The molecule has 0 bridgehead atoms. The highest BCUT2D eigenvalue weighted by Crippen LogP contribution is 2.27. The summed E-state index contributed by atoms with van der Waals surface area (Å²) in [6.07, 6.45) is 0.434. The van der Waals surface area contributed by atoms with Crippen LogP contribution in [0.1, 0.15) is 75.1 Å². The Morgan fingerprint density at radius 2 is 1.47 bits per heavy atom. The van der Waals surface area contributed by atoms with Gasteiger partial charge in [-0.3, -0.25) is 9.59 Å². The second kappa shape index (κ2) is 10.9. The molecule has 5 nitrogen and oxygen atoms in total. The average molecular weight is 510 g/mol. The summed E-state index contributed by atoms with van der Waals surface area (Å²) in [5, 5.41) is 7.00. The van der Waals surface area contributed by atoms with Crippen molar-refractivity contribution in [1.29, 1.82) is 0 Å². The molecular formula is C33H39N3O2. The molecule has 1 aromatic heterocycles. The number of benzene rings is 3. The molecule has 0 aliphatic heterocycles. The van der Waals surface area contributed by atoms with Crippen molar-refractivity contribution < 1.29 is 9.59 Å². The highest BCUT2D eigenvalue weighted by Gasteiger charge is 2.19. The number of amides is 2. The molecule has 0 saturated carbocycles. The van der Waals surface area contributed by atoms with Gasteiger partial charge < -0.3 is 15.2 Å². The zero-order valence-electron chi connectivity index (χ0n) is 23.4. The quantitative estimate of drug-likeness (QED) is 0.275. The van der Waals surface area contributed by atoms with Crippen LogP contribution in [0, 0.1) is 5.41 Å². The lowest BCUT2D eigenvalue weighted by atomic mass is 9.87. The molecule has 38 heavy (non-hydrogen) atoms. The predicted octanol–water partition coefficient (Wildman–Crippen LogP) is 7.29. The highest BCUT2D eigenvalue weighted by atomic mass is 16.2. The van der Waals surface area contributed by atoms with Gasteiger partial charge in [-0.2, -0.15) is 0 Å². The van der Waals surface area contributed by atoms with E-state index in [1.165, 1.54) is 5.56 Å². The van der Waals surface area contributed by atoms with Gasteiger partial charge in [0, 0.05) is 36.1 Å². The minimum Gasteiger partial charge on any atom is -0.347 e. The molecule has 1 heterocycles. The maximum atomic E-state index is 13.4. The molecule has 2 N–H and O–H groups in total. The first-order valence-electron chi connectivity index (χ1n) is 13.2. The molecule has 0 aliphatic rings. The van der Waals surface area contributed by atoms with Crippen LogP contribution in [0.5, 0.6) is 0 Å². The van der Waals surface area contributed by atoms with Crippen LogP contribution in [-0.2, 0) is 23.3 Å². The van der Waals surface area contributed by atoms with Crippen LogP contribution in [0.3, 0.4) is 0 Å². The molecule has 0 unspecified atom stereocenters. The molecule has 0 atom stereocenters. The second-order valence-corrected chi connectivity index (χ2v) is 12.3. The smallest absolute Gasteiger partial charge is 0.268 e. The van der Waals surface area contributed by atoms with Crippen LogP contribution < -0.4 is 10.6 Å². The maximum Gasteiger partial charge on any atom is 0.268 e. The fourth-order valence-corrected chi connectivity index (χ4v) is 4.56. The van der Waals surface area contributed by atoms with Crippen molar-refractivity contribution in [2.45, 2.75) is 66.5 Å². The van der Waals surface area contributed by atoms with E-state index in [1.54, 1.807) is 0 Å². The number of fused-ring (bicyclic) bond motifs is 1. The van der Waals surface area contributed by atoms with Gasteiger partial charge in [0.05, 0.1) is 0 Å². The number of nitrogens with zero attached hydrogens (tertiary/aromatic N) is 1. The van der Waals surface area contributed by atoms with Crippen molar-refractivity contribution in [1.82, 2.24) is 9.88 Å². The van der Waals surface area contributed by atoms with Gasteiger partial charge in [0.15, 0.2) is 0 Å². The van der Waals surface area contributed by atoms with E-state index < -0.39 is 0 Å². The average Bonchev–Trinajstić information content (AvgIpc) is 3.19. The Morgan fingerprint density at radius 1 is 0.789 bits per heavy atom. The Hall–Kier alpha value is -3.86. The first-order chi connectivity index (χ1) is 17.9. The summed E-state index contributed by atoms with van der Waals surface area (Å²) in [7, 11) is 0. The summed E-state index contributed by atoms with van der Waals surface area (Å²) >= 11 is 0. The molecule has 198 valence electrons. The van der Waals surface area contributed by atoms with Crippen LogP contribution in [0.15, 0.2) is 78.9 Å². The Bertz CT molecular complexity index is 1420. The number of carbonyl (C=O) groups excluding carboxylic acids is 2. The van der Waals surface area contributed by atoms with Crippen LogP contribution in [0.4, 0.5) is 5.69 Å². The first-order valence-corrected chi connectivity index (χ1v) is 13.2. The van der Waals surface area contributed by atoms with E-state index in [2.05, 4.69) is 60.2 Å². The summed E-state index contributed by atoms with van der Waals surface area (Å²) in [5.74, 6) is -0.147. The van der Waals surface area contributed by atoms with Gasteiger partial charge in [0.1, 0.15) is 5.69 Å². The molecular weight excluding hydrogens is 470 g/mol. The molecule has 0 aliphatic carbocycles. The minimum absolute atomic E-state index is 0.0175. The lowest BCUT2D eigenvalue weighted by molar-refractivity contribution is -0.117. The van der Waals surface area contributed by atoms with Crippen LogP contribution in [-0.4, -0.2) is 16.4 Å². The van der Waals surface area contributed by atoms with E-state index in [9.17, 15) is 9.59 Å². The third-order valence-electron chi connectivity index (χ3n) is 6.57. The normalized spacial score (nSPS) is 11.9. The monoisotopic (exact) mass is 509 g/mol. The van der Waals surface area contributed by atoms with Gasteiger partial charge in [0.2, 0.25) is 5.91 Å². The summed E-state index contributed by atoms with van der Waals surface area (Å²) in [6.45, 7) is 13.8. The van der Waals surface area contributed by atoms with Crippen molar-refractivity contribution in [3.05, 3.63) is 101 Å². The van der Waals surface area contributed by atoms with Crippen LogP contribution in [0.2, 0.25) is 0 Å². The van der Waals surface area contributed by atoms with Crippen LogP contribution >= 0.6 is 0 Å². The molecule has 0 fully saturated rings. The number of hydrogen-bond acceptors (Lipinski definition) is 2. The van der Waals surface area contributed by atoms with Gasteiger partial charge in [-0.25, -0.2) is 0 Å². The standard InChI is InChI=1S/C33H39N3O2/c1-32(2,3)20-30(37)35-27-16-17-28-25(18-27)19-29(31(38)34-21-23-10-8-7-9-11-23)36(28)22-24-12-14-26(15-13-24)33(4,5)6/h7-19H,20-22H2,1-6H3,(H,34,38)(H,35,37). The van der Waals surface area contributed by atoms with Crippen molar-refractivity contribution in [3.8, 4) is 0 Å². The second-order valence-electron chi connectivity index (χ2n) is 12.3. The topological polar surface area (TPSA) is 63.1 Å². The largest absolute Gasteiger partial charge is 0.347 e. The van der Waals surface area contributed by atoms with E-state index in [0.717, 1.165) is 27.7 Å². The van der Waals surface area contributed by atoms with Gasteiger partial charge >= 0.3 is 0 Å². The Balaban J connectivity index is 1.65. The zero-order valence-corrected chi connectivity index (χ0v) is 23.4. The summed E-state index contributed by atoms with van der Waals surface area (Å²) < 4.78 is 2.06. The Kier molecular flexibility index (Phi) is 7.77. The fourth-order valence-electron chi connectivity index (χ4n) is 4.56. The Morgan fingerprint density at radius 3 is 2.11 bits per heavy atom. The van der Waals surface area contributed by atoms with Crippen molar-refractivity contribution >= 4 is 28.4 Å². The molecule has 0 spiro atoms. The predicted molar refractivity (Wildman–Crippen MR) is 156 cm³/mol. The highest BCUT2D eigenvalue weighted by molar-refractivity contribution is 6.00. The lowest BCUT2D eigenvalue weighted by Crippen LogP contribution is -2.25. The molecule has 2 amide bonds. The summed E-state index contributed by atoms with van der Waals surface area (Å²) in [5.41, 5.74) is 5.70. The number of aromatic nitrogens is 1. The SMILES string of the molecule is CC(C)(C)CC(=O)Nc1ccc2c(c1)cc(C(=O)NCc1ccccc1)n2Cc1ccc(C(C)(C)C)cc1. The van der Waals surface area contributed by atoms with Gasteiger partial charge in [-0.15, -0.1) is 0 Å². The molecule has 5 heteroatoms. The van der Waals surface area contributed by atoms with E-state index in [0.29, 0.717) is 25.2 Å². The molecule has 3 aromatic carbocycles. The summed E-state index contributed by atoms with van der Waals surface area (Å²) in [4.78, 5) is 25.9. The number of hydrogen-bond donors (Lipinski definition) is 2. The van der Waals surface area contributed by atoms with Gasteiger partial charge in [0.25, 0.3) is 5.91 Å². The summed E-state index contributed by atoms with van der Waals surface area (Å²) in [6, 6.07) is 26.3. The van der Waals surface area contributed by atoms with Gasteiger partial charge in [-0.1, -0.05) is 96.1 Å². The lowest BCUT2D eigenvalue weighted by Gasteiger charge is -2.19. The number of anilines is 1. The van der Waals surface area contributed by atoms with E-state index in [-0.39, 0.29) is 22.6 Å². The van der Waals surface area contributed by atoms with Crippen molar-refractivity contribution in [2.75, 3.05) is 5.32 Å². The fraction of sp³-hybridized carbons (Fsp3) is 0.333. The minimum atomic E-state index is -0.130. The van der Waals surface area contributed by atoms with Gasteiger partial charge in [-0.05, 0) is 51.8 Å². The van der Waals surface area contributed by atoms with Crippen molar-refractivity contribution in [3.63, 3.8) is 0 Å². The van der Waals surface area contributed by atoms with Crippen LogP contribution in [0.25, 0.3) is 10.9 Å². The number of rotatable bonds is 7.